The Bertz CT molecular complexity index is 754. The van der Waals surface area contributed by atoms with Gasteiger partial charge in [-0.15, -0.1) is 10.2 Å². The van der Waals surface area contributed by atoms with Crippen LogP contribution < -0.4 is 15.9 Å². The van der Waals surface area contributed by atoms with E-state index in [4.69, 9.17) is 10.6 Å². The molecule has 1 aliphatic carbocycles. The average molecular weight is 390 g/mol. The standard InChI is InChI=1S/C19H27N5O2S/c1-13(18(25)21-15-7-5-3-4-6-8-15)27-19-23-22-17(24(19)20)14-9-11-16(26-2)12-10-14/h9-13,15H,3-8,20H2,1-2H3,(H,21,25)/t13-/m1/s1. The van der Waals surface area contributed by atoms with Crippen molar-refractivity contribution < 1.29 is 9.53 Å². The maximum atomic E-state index is 12.5. The van der Waals surface area contributed by atoms with Crippen molar-refractivity contribution in [1.82, 2.24) is 20.2 Å². The van der Waals surface area contributed by atoms with Gasteiger partial charge in [-0.05, 0) is 44.0 Å². The van der Waals surface area contributed by atoms with Crippen molar-refractivity contribution in [3.05, 3.63) is 24.3 Å². The number of aromatic nitrogens is 3. The monoisotopic (exact) mass is 389 g/mol. The smallest absolute Gasteiger partial charge is 0.233 e. The number of rotatable bonds is 6. The molecule has 0 aliphatic heterocycles. The lowest BCUT2D eigenvalue weighted by Crippen LogP contribution is -2.39. The highest BCUT2D eigenvalue weighted by atomic mass is 32.2. The number of carbonyl (C=O) groups excluding carboxylic acids is 1. The number of hydrogen-bond donors (Lipinski definition) is 2. The van der Waals surface area contributed by atoms with Crippen LogP contribution in [-0.2, 0) is 4.79 Å². The van der Waals surface area contributed by atoms with Crippen LogP contribution >= 0.6 is 11.8 Å². The lowest BCUT2D eigenvalue weighted by atomic mass is 10.1. The quantitative estimate of drug-likeness (QED) is 0.448. The van der Waals surface area contributed by atoms with Gasteiger partial charge in [0.15, 0.2) is 5.82 Å². The molecule has 1 fully saturated rings. The summed E-state index contributed by atoms with van der Waals surface area (Å²) in [6.07, 6.45) is 7.04. The molecule has 1 aromatic carbocycles. The van der Waals surface area contributed by atoms with E-state index in [0.29, 0.717) is 11.0 Å². The summed E-state index contributed by atoms with van der Waals surface area (Å²) >= 11 is 1.32. The zero-order chi connectivity index (χ0) is 19.2. The summed E-state index contributed by atoms with van der Waals surface area (Å²) in [6.45, 7) is 1.87. The molecule has 146 valence electrons. The molecule has 3 rings (SSSR count). The predicted octanol–water partition coefficient (Wildman–Crippen LogP) is 2.99. The third-order valence-electron chi connectivity index (χ3n) is 4.87. The molecule has 2 aromatic rings. The molecule has 0 radical (unpaired) electrons. The van der Waals surface area contributed by atoms with Gasteiger partial charge >= 0.3 is 0 Å². The molecule has 0 saturated heterocycles. The first kappa shape index (κ1) is 19.5. The zero-order valence-corrected chi connectivity index (χ0v) is 16.7. The summed E-state index contributed by atoms with van der Waals surface area (Å²) in [7, 11) is 1.62. The summed E-state index contributed by atoms with van der Waals surface area (Å²) in [5.74, 6) is 7.51. The van der Waals surface area contributed by atoms with Crippen molar-refractivity contribution in [2.24, 2.45) is 0 Å². The molecular formula is C19H27N5O2S. The fourth-order valence-electron chi connectivity index (χ4n) is 3.25. The van der Waals surface area contributed by atoms with Crippen LogP contribution in [0.3, 0.4) is 0 Å². The number of ether oxygens (including phenoxy) is 1. The molecule has 1 heterocycles. The normalized spacial score (nSPS) is 16.5. The number of amides is 1. The number of nitrogens with zero attached hydrogens (tertiary/aromatic N) is 3. The van der Waals surface area contributed by atoms with Crippen molar-refractivity contribution in [3.63, 3.8) is 0 Å². The van der Waals surface area contributed by atoms with Gasteiger partial charge in [0.05, 0.1) is 12.4 Å². The number of nitrogen functional groups attached to an aromatic ring is 1. The van der Waals surface area contributed by atoms with Crippen molar-refractivity contribution >= 4 is 17.7 Å². The van der Waals surface area contributed by atoms with Gasteiger partial charge in [-0.3, -0.25) is 4.79 Å². The minimum absolute atomic E-state index is 0.0286. The first-order valence-electron chi connectivity index (χ1n) is 9.40. The van der Waals surface area contributed by atoms with Gasteiger partial charge in [0.1, 0.15) is 5.75 Å². The molecule has 3 N–H and O–H groups in total. The Balaban J connectivity index is 1.62. The van der Waals surface area contributed by atoms with Gasteiger partial charge < -0.3 is 15.9 Å². The largest absolute Gasteiger partial charge is 0.497 e. The Morgan fingerprint density at radius 3 is 2.52 bits per heavy atom. The molecule has 7 nitrogen and oxygen atoms in total. The van der Waals surface area contributed by atoms with E-state index < -0.39 is 0 Å². The van der Waals surface area contributed by atoms with E-state index in [1.54, 1.807) is 7.11 Å². The zero-order valence-electron chi connectivity index (χ0n) is 15.9. The van der Waals surface area contributed by atoms with E-state index in [9.17, 15) is 4.79 Å². The summed E-state index contributed by atoms with van der Waals surface area (Å²) in [5, 5.41) is 11.7. The second-order valence-corrected chi connectivity index (χ2v) is 8.17. The highest BCUT2D eigenvalue weighted by Crippen LogP contribution is 2.26. The minimum atomic E-state index is -0.288. The summed E-state index contributed by atoms with van der Waals surface area (Å²) in [6, 6.07) is 7.74. The number of nitrogens with two attached hydrogens (primary N) is 1. The molecule has 1 amide bonds. The topological polar surface area (TPSA) is 95.1 Å². The van der Waals surface area contributed by atoms with Crippen LogP contribution in [0.5, 0.6) is 5.75 Å². The van der Waals surface area contributed by atoms with Crippen LogP contribution in [0.1, 0.15) is 45.4 Å². The Morgan fingerprint density at radius 1 is 1.22 bits per heavy atom. The van der Waals surface area contributed by atoms with Gasteiger partial charge in [0.2, 0.25) is 11.1 Å². The molecule has 1 saturated carbocycles. The number of hydrogen-bond acceptors (Lipinski definition) is 6. The molecule has 1 atom stereocenters. The van der Waals surface area contributed by atoms with Crippen molar-refractivity contribution in [2.45, 2.75) is 61.9 Å². The molecule has 0 unspecified atom stereocenters. The number of methoxy groups -OCH3 is 1. The maximum absolute atomic E-state index is 12.5. The van der Waals surface area contributed by atoms with E-state index in [1.807, 2.05) is 31.2 Å². The molecule has 0 spiro atoms. The number of nitrogens with one attached hydrogen (secondary N) is 1. The first-order valence-corrected chi connectivity index (χ1v) is 10.3. The third kappa shape index (κ3) is 4.94. The Morgan fingerprint density at radius 2 is 1.89 bits per heavy atom. The van der Waals surface area contributed by atoms with E-state index in [2.05, 4.69) is 15.5 Å². The van der Waals surface area contributed by atoms with Crippen LogP contribution in [0.2, 0.25) is 0 Å². The maximum Gasteiger partial charge on any atom is 0.233 e. The second-order valence-electron chi connectivity index (χ2n) is 6.86. The molecule has 27 heavy (non-hydrogen) atoms. The minimum Gasteiger partial charge on any atom is -0.497 e. The van der Waals surface area contributed by atoms with Gasteiger partial charge in [-0.1, -0.05) is 37.4 Å². The van der Waals surface area contributed by atoms with Crippen LogP contribution in [0.25, 0.3) is 11.4 Å². The van der Waals surface area contributed by atoms with Crippen LogP contribution in [0.15, 0.2) is 29.4 Å². The summed E-state index contributed by atoms with van der Waals surface area (Å²) < 4.78 is 6.60. The number of carbonyl (C=O) groups is 1. The fourth-order valence-corrected chi connectivity index (χ4v) is 4.03. The number of thioether (sulfide) groups is 1. The number of benzene rings is 1. The molecular weight excluding hydrogens is 362 g/mol. The Kier molecular flexibility index (Phi) is 6.60. The lowest BCUT2D eigenvalue weighted by Gasteiger charge is -2.19. The van der Waals surface area contributed by atoms with E-state index in [-0.39, 0.29) is 17.2 Å². The van der Waals surface area contributed by atoms with E-state index in [1.165, 1.54) is 42.1 Å². The average Bonchev–Trinajstić information content (AvgIpc) is 2.87. The predicted molar refractivity (Wildman–Crippen MR) is 107 cm³/mol. The highest BCUT2D eigenvalue weighted by Gasteiger charge is 2.22. The van der Waals surface area contributed by atoms with Crippen LogP contribution in [-0.4, -0.2) is 39.2 Å². The summed E-state index contributed by atoms with van der Waals surface area (Å²) in [4.78, 5) is 12.5. The van der Waals surface area contributed by atoms with E-state index >= 15 is 0 Å². The Labute approximate surface area is 164 Å². The van der Waals surface area contributed by atoms with Crippen LogP contribution in [0, 0.1) is 0 Å². The van der Waals surface area contributed by atoms with Gasteiger partial charge in [-0.25, -0.2) is 4.68 Å². The lowest BCUT2D eigenvalue weighted by molar-refractivity contribution is -0.121. The van der Waals surface area contributed by atoms with Gasteiger partial charge in [0, 0.05) is 11.6 Å². The fraction of sp³-hybridized carbons (Fsp3) is 0.526. The van der Waals surface area contributed by atoms with Crippen molar-refractivity contribution in [3.8, 4) is 17.1 Å². The van der Waals surface area contributed by atoms with Gasteiger partial charge in [-0.2, -0.15) is 0 Å². The SMILES string of the molecule is COc1ccc(-c2nnc(S[C@H](C)C(=O)NC3CCCCCC3)n2N)cc1. The first-order chi connectivity index (χ1) is 13.1. The second kappa shape index (κ2) is 9.12. The van der Waals surface area contributed by atoms with Crippen LogP contribution in [0.4, 0.5) is 0 Å². The Hall–Kier alpha value is -2.22. The molecule has 1 aliphatic rings. The highest BCUT2D eigenvalue weighted by molar-refractivity contribution is 8.00. The third-order valence-corrected chi connectivity index (χ3v) is 5.92. The molecule has 0 bridgehead atoms. The van der Waals surface area contributed by atoms with Crippen molar-refractivity contribution in [2.75, 3.05) is 13.0 Å². The van der Waals surface area contributed by atoms with E-state index in [0.717, 1.165) is 24.2 Å². The molecule has 8 heteroatoms. The summed E-state index contributed by atoms with van der Waals surface area (Å²) in [5.41, 5.74) is 0.841. The van der Waals surface area contributed by atoms with Gasteiger partial charge in [0.25, 0.3) is 0 Å². The van der Waals surface area contributed by atoms with Crippen molar-refractivity contribution in [1.29, 1.82) is 0 Å². The molecule has 1 aromatic heterocycles.